The summed E-state index contributed by atoms with van der Waals surface area (Å²) in [7, 11) is 0. The number of nitrogens with zero attached hydrogens (tertiary/aromatic N) is 4. The maximum Gasteiger partial charge on any atom is 0.157 e. The first-order chi connectivity index (χ1) is 10.8. The first-order valence-corrected chi connectivity index (χ1v) is 7.18. The molecule has 0 bridgehead atoms. The molecule has 0 saturated carbocycles. The van der Waals surface area contributed by atoms with Gasteiger partial charge in [0.25, 0.3) is 0 Å². The minimum absolute atomic E-state index is 0.817. The van der Waals surface area contributed by atoms with Gasteiger partial charge in [0.05, 0.1) is 6.20 Å². The molecular formula is C17H14N4O. The van der Waals surface area contributed by atoms with Crippen LogP contribution >= 0.6 is 0 Å². The lowest BCUT2D eigenvalue weighted by Crippen LogP contribution is -1.96. The monoisotopic (exact) mass is 290 g/mol. The number of aromatic nitrogens is 4. The molecule has 1 aromatic carbocycles. The van der Waals surface area contributed by atoms with Gasteiger partial charge in [-0.2, -0.15) is 5.10 Å². The number of hydrogen-bond acceptors (Lipinski definition) is 4. The molecule has 0 amide bonds. The zero-order valence-electron chi connectivity index (χ0n) is 12.1. The number of aryl methyl sites for hydroxylation is 1. The van der Waals surface area contributed by atoms with Crippen molar-refractivity contribution >= 4 is 11.0 Å². The number of fused-ring (bicyclic) bond motifs is 1. The van der Waals surface area contributed by atoms with E-state index >= 15 is 0 Å². The van der Waals surface area contributed by atoms with E-state index in [-0.39, 0.29) is 0 Å². The smallest absolute Gasteiger partial charge is 0.157 e. The van der Waals surface area contributed by atoms with Crippen LogP contribution < -0.4 is 0 Å². The minimum atomic E-state index is 0.817. The summed E-state index contributed by atoms with van der Waals surface area (Å²) in [6, 6.07) is 12.2. The van der Waals surface area contributed by atoms with Crippen LogP contribution in [0.2, 0.25) is 0 Å². The van der Waals surface area contributed by atoms with Crippen molar-refractivity contribution in [2.24, 2.45) is 0 Å². The van der Waals surface area contributed by atoms with Gasteiger partial charge < -0.3 is 4.52 Å². The Morgan fingerprint density at radius 1 is 1.05 bits per heavy atom. The van der Waals surface area contributed by atoms with Crippen molar-refractivity contribution < 1.29 is 4.52 Å². The van der Waals surface area contributed by atoms with Gasteiger partial charge in [0, 0.05) is 35.3 Å². The predicted molar refractivity (Wildman–Crippen MR) is 84.1 cm³/mol. The van der Waals surface area contributed by atoms with E-state index < -0.39 is 0 Å². The molecule has 0 saturated heterocycles. The summed E-state index contributed by atoms with van der Waals surface area (Å²) in [5.74, 6) is 0. The third kappa shape index (κ3) is 2.07. The molecule has 0 aliphatic rings. The van der Waals surface area contributed by atoms with Gasteiger partial charge in [-0.15, -0.1) is 0 Å². The average Bonchev–Trinajstić information content (AvgIpc) is 3.24. The Labute approximate surface area is 127 Å². The quantitative estimate of drug-likeness (QED) is 0.576. The third-order valence-corrected chi connectivity index (χ3v) is 3.70. The molecule has 0 atom stereocenters. The largest absolute Gasteiger partial charge is 0.364 e. The van der Waals surface area contributed by atoms with Crippen molar-refractivity contribution in [3.63, 3.8) is 0 Å². The van der Waals surface area contributed by atoms with Crippen LogP contribution in [0, 0.1) is 0 Å². The van der Waals surface area contributed by atoms with Crippen molar-refractivity contribution in [3.05, 3.63) is 55.1 Å². The molecule has 3 heterocycles. The van der Waals surface area contributed by atoms with E-state index in [1.165, 1.54) is 0 Å². The Hall–Kier alpha value is -2.95. The van der Waals surface area contributed by atoms with Gasteiger partial charge in [-0.05, 0) is 24.6 Å². The molecule has 0 radical (unpaired) electrons. The third-order valence-electron chi connectivity index (χ3n) is 3.70. The summed E-state index contributed by atoms with van der Waals surface area (Å²) in [5, 5.41) is 9.37. The van der Waals surface area contributed by atoms with Crippen LogP contribution in [0.1, 0.15) is 6.92 Å². The van der Waals surface area contributed by atoms with Crippen LogP contribution in [0.25, 0.3) is 33.4 Å². The average molecular weight is 290 g/mol. The zero-order chi connectivity index (χ0) is 14.9. The fraction of sp³-hybridized carbons (Fsp3) is 0.118. The Balaban J connectivity index is 1.80. The summed E-state index contributed by atoms with van der Waals surface area (Å²) in [4.78, 5) is 4.55. The zero-order valence-corrected chi connectivity index (χ0v) is 12.1. The van der Waals surface area contributed by atoms with E-state index in [9.17, 15) is 0 Å². The summed E-state index contributed by atoms with van der Waals surface area (Å²) < 4.78 is 6.81. The topological polar surface area (TPSA) is 56.7 Å². The number of rotatable bonds is 3. The van der Waals surface area contributed by atoms with Crippen molar-refractivity contribution in [2.45, 2.75) is 13.5 Å². The van der Waals surface area contributed by atoms with Gasteiger partial charge in [-0.3, -0.25) is 0 Å². The van der Waals surface area contributed by atoms with Crippen LogP contribution in [0.5, 0.6) is 0 Å². The molecule has 0 spiro atoms. The minimum Gasteiger partial charge on any atom is -0.364 e. The van der Waals surface area contributed by atoms with Gasteiger partial charge in [-0.25, -0.2) is 9.67 Å². The fourth-order valence-corrected chi connectivity index (χ4v) is 2.58. The van der Waals surface area contributed by atoms with Crippen LogP contribution in [0.4, 0.5) is 0 Å². The highest BCUT2D eigenvalue weighted by Crippen LogP contribution is 2.27. The highest BCUT2D eigenvalue weighted by atomic mass is 16.5. The SMILES string of the molecule is CCn1ncc2cc(-c3cccc(-c4ccon4)c3)cnc21. The van der Waals surface area contributed by atoms with Gasteiger partial charge in [0.15, 0.2) is 5.65 Å². The number of pyridine rings is 1. The van der Waals surface area contributed by atoms with Crippen LogP contribution in [-0.2, 0) is 6.54 Å². The van der Waals surface area contributed by atoms with Gasteiger partial charge in [-0.1, -0.05) is 23.4 Å². The van der Waals surface area contributed by atoms with Gasteiger partial charge >= 0.3 is 0 Å². The predicted octanol–water partition coefficient (Wildman–Crippen LogP) is 3.77. The molecule has 0 unspecified atom stereocenters. The van der Waals surface area contributed by atoms with E-state index in [2.05, 4.69) is 40.4 Å². The van der Waals surface area contributed by atoms with Crippen molar-refractivity contribution in [2.75, 3.05) is 0 Å². The molecule has 108 valence electrons. The van der Waals surface area contributed by atoms with E-state index in [1.807, 2.05) is 35.3 Å². The molecule has 5 heteroatoms. The number of benzene rings is 1. The molecule has 22 heavy (non-hydrogen) atoms. The number of hydrogen-bond donors (Lipinski definition) is 0. The summed E-state index contributed by atoms with van der Waals surface area (Å²) in [6.07, 6.45) is 5.32. The Morgan fingerprint density at radius 2 is 1.95 bits per heavy atom. The van der Waals surface area contributed by atoms with Crippen LogP contribution in [0.15, 0.2) is 59.6 Å². The molecule has 0 aliphatic heterocycles. The normalized spacial score (nSPS) is 11.1. The fourth-order valence-electron chi connectivity index (χ4n) is 2.58. The Kier molecular flexibility index (Phi) is 2.96. The van der Waals surface area contributed by atoms with Crippen LogP contribution in [-0.4, -0.2) is 19.9 Å². The standard InChI is InChI=1S/C17H14N4O/c1-2-21-17-15(11-19-21)9-14(10-18-17)12-4-3-5-13(8-12)16-6-7-22-20-16/h3-11H,2H2,1H3. The maximum absolute atomic E-state index is 4.91. The lowest BCUT2D eigenvalue weighted by atomic mass is 10.0. The van der Waals surface area contributed by atoms with E-state index in [0.717, 1.165) is 40.0 Å². The highest BCUT2D eigenvalue weighted by molar-refractivity contribution is 5.81. The lowest BCUT2D eigenvalue weighted by Gasteiger charge is -2.04. The Bertz CT molecular complexity index is 925. The molecule has 0 N–H and O–H groups in total. The van der Waals surface area contributed by atoms with Crippen molar-refractivity contribution in [3.8, 4) is 22.4 Å². The molecule has 4 rings (SSSR count). The van der Waals surface area contributed by atoms with Crippen molar-refractivity contribution in [1.29, 1.82) is 0 Å². The molecule has 3 aromatic heterocycles. The second-order valence-electron chi connectivity index (χ2n) is 5.06. The second-order valence-corrected chi connectivity index (χ2v) is 5.06. The van der Waals surface area contributed by atoms with Gasteiger partial charge in [0.2, 0.25) is 0 Å². The summed E-state index contributed by atoms with van der Waals surface area (Å²) in [6.45, 7) is 2.88. The second kappa shape index (κ2) is 5.11. The van der Waals surface area contributed by atoms with E-state index in [4.69, 9.17) is 4.52 Å². The lowest BCUT2D eigenvalue weighted by molar-refractivity contribution is 0.422. The van der Waals surface area contributed by atoms with E-state index in [1.54, 1.807) is 6.26 Å². The highest BCUT2D eigenvalue weighted by Gasteiger charge is 2.07. The maximum atomic E-state index is 4.91. The summed E-state index contributed by atoms with van der Waals surface area (Å²) >= 11 is 0. The molecule has 0 aliphatic carbocycles. The van der Waals surface area contributed by atoms with Gasteiger partial charge in [0.1, 0.15) is 12.0 Å². The molecule has 4 aromatic rings. The van der Waals surface area contributed by atoms with Crippen molar-refractivity contribution in [1.82, 2.24) is 19.9 Å². The first kappa shape index (κ1) is 12.8. The van der Waals surface area contributed by atoms with Crippen LogP contribution in [0.3, 0.4) is 0 Å². The molecular weight excluding hydrogens is 276 g/mol. The summed E-state index contributed by atoms with van der Waals surface area (Å²) in [5.41, 5.74) is 4.93. The molecule has 0 fully saturated rings. The van der Waals surface area contributed by atoms with E-state index in [0.29, 0.717) is 0 Å². The Morgan fingerprint density at radius 3 is 2.77 bits per heavy atom. The molecule has 5 nitrogen and oxygen atoms in total. The first-order valence-electron chi connectivity index (χ1n) is 7.18.